The van der Waals surface area contributed by atoms with Crippen LogP contribution >= 0.6 is 0 Å². The largest absolute Gasteiger partial charge is 0.442 e. The molecule has 0 atom stereocenters. The Morgan fingerprint density at radius 3 is 2.35 bits per heavy atom. The number of rotatable bonds is 7. The predicted octanol–water partition coefficient (Wildman–Crippen LogP) is 5.56. The van der Waals surface area contributed by atoms with Gasteiger partial charge in [0.05, 0.1) is 11.0 Å². The number of nitrogens with one attached hydrogen (secondary N) is 1. The highest BCUT2D eigenvalue weighted by molar-refractivity contribution is 5.75. The highest BCUT2D eigenvalue weighted by Crippen LogP contribution is 2.30. The van der Waals surface area contributed by atoms with Gasteiger partial charge in [-0.2, -0.15) is 0 Å². The van der Waals surface area contributed by atoms with Crippen molar-refractivity contribution in [2.24, 2.45) is 5.41 Å². The van der Waals surface area contributed by atoms with Crippen LogP contribution in [-0.4, -0.2) is 26.8 Å². The normalized spacial score (nSPS) is 13.5. The zero-order valence-electron chi connectivity index (χ0n) is 21.4. The minimum Gasteiger partial charge on any atom is -0.442 e. The summed E-state index contributed by atoms with van der Waals surface area (Å²) in [5, 5.41) is 7.95. The number of nitrogens with zero attached hydrogens (tertiary/aromatic N) is 3. The van der Waals surface area contributed by atoms with Gasteiger partial charge in [0.25, 0.3) is 0 Å². The van der Waals surface area contributed by atoms with Crippen LogP contribution in [-0.2, 0) is 35.6 Å². The monoisotopic (exact) mass is 498 g/mol. The van der Waals surface area contributed by atoms with Crippen LogP contribution in [0.25, 0.3) is 22.5 Å². The molecule has 37 heavy (non-hydrogen) atoms. The molecule has 4 aromatic rings. The van der Waals surface area contributed by atoms with Crippen molar-refractivity contribution in [1.29, 1.82) is 0 Å². The van der Waals surface area contributed by atoms with Crippen LogP contribution in [0.4, 0.5) is 4.39 Å². The van der Waals surface area contributed by atoms with Crippen molar-refractivity contribution < 1.29 is 13.9 Å². The predicted molar refractivity (Wildman–Crippen MR) is 141 cm³/mol. The number of esters is 1. The van der Waals surface area contributed by atoms with Crippen LogP contribution in [0.2, 0.25) is 0 Å². The fourth-order valence-electron chi connectivity index (χ4n) is 4.52. The highest BCUT2D eigenvalue weighted by atomic mass is 19.1. The van der Waals surface area contributed by atoms with Crippen LogP contribution in [0.15, 0.2) is 73.1 Å². The molecule has 3 aromatic carbocycles. The second kappa shape index (κ2) is 10.3. The van der Waals surface area contributed by atoms with E-state index in [1.165, 1.54) is 22.1 Å². The van der Waals surface area contributed by atoms with E-state index < -0.39 is 5.41 Å². The minimum atomic E-state index is -0.613. The topological polar surface area (TPSA) is 69.0 Å². The second-order valence-corrected chi connectivity index (χ2v) is 10.5. The Hall–Kier alpha value is -3.84. The maximum absolute atomic E-state index is 15.5. The first kappa shape index (κ1) is 24.8. The van der Waals surface area contributed by atoms with Crippen molar-refractivity contribution in [3.8, 4) is 22.5 Å². The van der Waals surface area contributed by atoms with E-state index in [4.69, 9.17) is 4.74 Å². The lowest BCUT2D eigenvalue weighted by Gasteiger charge is -2.16. The standard InChI is InChI=1S/C30H31FN4O2/c1-30(2,3)29(36)37-19-35-18-33-28(34-35)26-10-6-9-25(27(26)31)21-13-11-20(12-14-21)17-32-24-15-22-7-4-5-8-23(22)16-24/h4-14,18,24,32H,15-17,19H2,1-3H3. The maximum Gasteiger partial charge on any atom is 0.313 e. The average Bonchev–Trinajstić information content (AvgIpc) is 3.53. The van der Waals surface area contributed by atoms with Gasteiger partial charge in [-0.3, -0.25) is 4.79 Å². The number of hydrogen-bond donors (Lipinski definition) is 1. The number of hydrogen-bond acceptors (Lipinski definition) is 5. The summed E-state index contributed by atoms with van der Waals surface area (Å²) in [6.07, 6.45) is 3.53. The third-order valence-electron chi connectivity index (χ3n) is 6.63. The summed E-state index contributed by atoms with van der Waals surface area (Å²) in [7, 11) is 0. The van der Waals surface area contributed by atoms with E-state index in [0.29, 0.717) is 17.2 Å². The molecule has 7 heteroatoms. The molecule has 190 valence electrons. The van der Waals surface area contributed by atoms with Gasteiger partial charge >= 0.3 is 5.97 Å². The molecule has 0 saturated carbocycles. The van der Waals surface area contributed by atoms with Crippen LogP contribution < -0.4 is 5.32 Å². The van der Waals surface area contributed by atoms with Gasteiger partial charge in [0, 0.05) is 18.2 Å². The van der Waals surface area contributed by atoms with Gasteiger partial charge in [0.2, 0.25) is 0 Å². The van der Waals surface area contributed by atoms with E-state index in [1.807, 2.05) is 24.3 Å². The minimum absolute atomic E-state index is 0.0765. The molecule has 1 heterocycles. The molecule has 0 amide bonds. The number of carbonyl (C=O) groups is 1. The lowest BCUT2D eigenvalue weighted by molar-refractivity contribution is -0.157. The zero-order valence-corrected chi connectivity index (χ0v) is 21.4. The quantitative estimate of drug-likeness (QED) is 0.338. The highest BCUT2D eigenvalue weighted by Gasteiger charge is 2.23. The van der Waals surface area contributed by atoms with Crippen molar-refractivity contribution >= 4 is 5.97 Å². The first-order chi connectivity index (χ1) is 17.8. The first-order valence-electron chi connectivity index (χ1n) is 12.5. The van der Waals surface area contributed by atoms with E-state index in [9.17, 15) is 4.79 Å². The van der Waals surface area contributed by atoms with Gasteiger partial charge in [0.15, 0.2) is 12.6 Å². The van der Waals surface area contributed by atoms with Crippen LogP contribution in [0, 0.1) is 11.2 Å². The van der Waals surface area contributed by atoms with E-state index in [0.717, 1.165) is 30.5 Å². The maximum atomic E-state index is 15.5. The fourth-order valence-corrected chi connectivity index (χ4v) is 4.52. The zero-order chi connectivity index (χ0) is 26.0. The summed E-state index contributed by atoms with van der Waals surface area (Å²) < 4.78 is 22.2. The van der Waals surface area contributed by atoms with Gasteiger partial charge in [-0.1, -0.05) is 60.7 Å². The van der Waals surface area contributed by atoms with Gasteiger partial charge in [-0.25, -0.2) is 14.1 Å². The molecule has 1 aliphatic carbocycles. The molecular weight excluding hydrogens is 467 g/mol. The Labute approximate surface area is 216 Å². The molecule has 1 aliphatic rings. The second-order valence-electron chi connectivity index (χ2n) is 10.5. The number of fused-ring (bicyclic) bond motifs is 1. The van der Waals surface area contributed by atoms with E-state index in [1.54, 1.807) is 39.0 Å². The Morgan fingerprint density at radius 2 is 1.68 bits per heavy atom. The summed E-state index contributed by atoms with van der Waals surface area (Å²) >= 11 is 0. The molecular formula is C30H31FN4O2. The van der Waals surface area contributed by atoms with E-state index >= 15 is 4.39 Å². The van der Waals surface area contributed by atoms with Crippen molar-refractivity contribution in [3.63, 3.8) is 0 Å². The van der Waals surface area contributed by atoms with Crippen LogP contribution in [0.3, 0.4) is 0 Å². The average molecular weight is 499 g/mol. The molecule has 0 fully saturated rings. The van der Waals surface area contributed by atoms with Crippen LogP contribution in [0.5, 0.6) is 0 Å². The Morgan fingerprint density at radius 1 is 1.00 bits per heavy atom. The lowest BCUT2D eigenvalue weighted by atomic mass is 9.98. The number of aromatic nitrogens is 3. The van der Waals surface area contributed by atoms with Gasteiger partial charge in [0.1, 0.15) is 12.1 Å². The third kappa shape index (κ3) is 5.62. The molecule has 0 aliphatic heterocycles. The summed E-state index contributed by atoms with van der Waals surface area (Å²) in [5.74, 6) is -0.490. The van der Waals surface area contributed by atoms with Crippen molar-refractivity contribution in [2.75, 3.05) is 0 Å². The van der Waals surface area contributed by atoms with Gasteiger partial charge < -0.3 is 10.1 Å². The van der Waals surface area contributed by atoms with Gasteiger partial charge in [-0.15, -0.1) is 5.10 Å². The molecule has 1 N–H and O–H groups in total. The molecule has 0 bridgehead atoms. The smallest absolute Gasteiger partial charge is 0.313 e. The third-order valence-corrected chi connectivity index (χ3v) is 6.63. The molecule has 0 radical (unpaired) electrons. The molecule has 5 rings (SSSR count). The number of halogens is 1. The molecule has 0 spiro atoms. The van der Waals surface area contributed by atoms with Crippen LogP contribution in [0.1, 0.15) is 37.5 Å². The first-order valence-corrected chi connectivity index (χ1v) is 12.5. The number of benzene rings is 3. The van der Waals surface area contributed by atoms with Crippen molar-refractivity contribution in [1.82, 2.24) is 20.1 Å². The number of carbonyl (C=O) groups excluding carboxylic acids is 1. The summed E-state index contributed by atoms with van der Waals surface area (Å²) in [4.78, 5) is 16.2. The molecule has 0 unspecified atom stereocenters. The van der Waals surface area contributed by atoms with E-state index in [-0.39, 0.29) is 24.3 Å². The number of ether oxygens (including phenoxy) is 1. The van der Waals surface area contributed by atoms with Gasteiger partial charge in [-0.05, 0) is 61.9 Å². The lowest BCUT2D eigenvalue weighted by Crippen LogP contribution is -2.28. The Kier molecular flexibility index (Phi) is 6.89. The van der Waals surface area contributed by atoms with Crippen molar-refractivity contribution in [2.45, 2.75) is 52.9 Å². The molecule has 1 aromatic heterocycles. The Balaban J connectivity index is 1.24. The van der Waals surface area contributed by atoms with E-state index in [2.05, 4.69) is 39.7 Å². The molecule has 6 nitrogen and oxygen atoms in total. The summed E-state index contributed by atoms with van der Waals surface area (Å²) in [6, 6.07) is 22.2. The molecule has 0 saturated heterocycles. The summed E-state index contributed by atoms with van der Waals surface area (Å²) in [6.45, 7) is 6.03. The SMILES string of the molecule is CC(C)(C)C(=O)OCn1cnc(-c2cccc(-c3ccc(CNC4Cc5ccccc5C4)cc3)c2F)n1. The fraction of sp³-hybridized carbons (Fsp3) is 0.300. The van der Waals surface area contributed by atoms with Crippen molar-refractivity contribution in [3.05, 3.63) is 95.6 Å². The summed E-state index contributed by atoms with van der Waals surface area (Å²) in [5.41, 5.74) is 4.96. The Bertz CT molecular complexity index is 1380.